The molecule has 31 heavy (non-hydrogen) atoms. The van der Waals surface area contributed by atoms with E-state index in [1.807, 2.05) is 0 Å². The molecule has 0 N–H and O–H groups in total. The van der Waals surface area contributed by atoms with Crippen LogP contribution in [0.2, 0.25) is 10.0 Å². The zero-order valence-corrected chi connectivity index (χ0v) is 19.3. The number of carbonyl (C=O) groups is 2. The molecule has 3 rings (SSSR count). The molecule has 0 heterocycles. The Morgan fingerprint density at radius 2 is 1.65 bits per heavy atom. The van der Waals surface area contributed by atoms with Gasteiger partial charge in [0.1, 0.15) is 11.5 Å². The predicted octanol–water partition coefficient (Wildman–Crippen LogP) is 7.50. The van der Waals surface area contributed by atoms with E-state index in [-0.39, 0.29) is 28.2 Å². The van der Waals surface area contributed by atoms with E-state index in [0.717, 1.165) is 31.6 Å². The van der Waals surface area contributed by atoms with Crippen LogP contribution in [0.4, 0.5) is 0 Å². The molecule has 0 aromatic heterocycles. The lowest BCUT2D eigenvalue weighted by Crippen LogP contribution is -2.25. The summed E-state index contributed by atoms with van der Waals surface area (Å²) in [6.45, 7) is 2.22. The van der Waals surface area contributed by atoms with Gasteiger partial charge in [-0.2, -0.15) is 0 Å². The molecule has 0 atom stereocenters. The monoisotopic (exact) mass is 462 g/mol. The molecule has 0 saturated heterocycles. The van der Waals surface area contributed by atoms with Gasteiger partial charge >= 0.3 is 11.9 Å². The van der Waals surface area contributed by atoms with Crippen LogP contribution in [0.5, 0.6) is 11.5 Å². The van der Waals surface area contributed by atoms with Crippen molar-refractivity contribution in [3.63, 3.8) is 0 Å². The number of benzene rings is 2. The zero-order valence-electron chi connectivity index (χ0n) is 17.7. The van der Waals surface area contributed by atoms with Crippen LogP contribution in [0.25, 0.3) is 0 Å². The summed E-state index contributed by atoms with van der Waals surface area (Å²) in [7, 11) is 0. The molecule has 0 aliphatic heterocycles. The second-order valence-corrected chi connectivity index (χ2v) is 8.97. The number of carbonyl (C=O) groups excluding carboxylic acids is 2. The van der Waals surface area contributed by atoms with Crippen molar-refractivity contribution in [2.75, 3.05) is 0 Å². The Morgan fingerprint density at radius 1 is 0.935 bits per heavy atom. The average molecular weight is 463 g/mol. The fourth-order valence-corrected chi connectivity index (χ4v) is 4.29. The molecular formula is C25H28Cl2O4. The van der Waals surface area contributed by atoms with Gasteiger partial charge in [0.2, 0.25) is 0 Å². The smallest absolute Gasteiger partial charge is 0.343 e. The predicted molar refractivity (Wildman–Crippen MR) is 123 cm³/mol. The van der Waals surface area contributed by atoms with Gasteiger partial charge in [-0.05, 0) is 74.1 Å². The van der Waals surface area contributed by atoms with Crippen LogP contribution in [0.1, 0.15) is 68.6 Å². The van der Waals surface area contributed by atoms with Crippen molar-refractivity contribution >= 4 is 35.1 Å². The first kappa shape index (κ1) is 23.6. The van der Waals surface area contributed by atoms with Crippen molar-refractivity contribution in [2.45, 2.75) is 58.3 Å². The van der Waals surface area contributed by atoms with E-state index in [9.17, 15) is 9.59 Å². The van der Waals surface area contributed by atoms with Crippen molar-refractivity contribution in [3.05, 3.63) is 58.1 Å². The third-order valence-electron chi connectivity index (χ3n) is 5.80. The first-order valence-electron chi connectivity index (χ1n) is 10.9. The summed E-state index contributed by atoms with van der Waals surface area (Å²) >= 11 is 12.1. The molecule has 1 aliphatic carbocycles. The summed E-state index contributed by atoms with van der Waals surface area (Å²) in [4.78, 5) is 24.9. The van der Waals surface area contributed by atoms with Crippen molar-refractivity contribution in [1.29, 1.82) is 0 Å². The van der Waals surface area contributed by atoms with Gasteiger partial charge in [-0.25, -0.2) is 4.79 Å². The van der Waals surface area contributed by atoms with Crippen molar-refractivity contribution in [3.8, 4) is 11.5 Å². The summed E-state index contributed by atoms with van der Waals surface area (Å²) in [6.07, 6.45) is 8.92. The second kappa shape index (κ2) is 11.5. The highest BCUT2D eigenvalue weighted by atomic mass is 35.5. The fourth-order valence-electron chi connectivity index (χ4n) is 3.94. The molecule has 4 nitrogen and oxygen atoms in total. The first-order chi connectivity index (χ1) is 15.0. The molecule has 2 aromatic rings. The quantitative estimate of drug-likeness (QED) is 0.231. The Bertz CT molecular complexity index is 887. The molecule has 0 spiro atoms. The van der Waals surface area contributed by atoms with Gasteiger partial charge in [0.15, 0.2) is 0 Å². The molecule has 0 unspecified atom stereocenters. The Labute approximate surface area is 193 Å². The molecule has 166 valence electrons. The van der Waals surface area contributed by atoms with E-state index in [0.29, 0.717) is 10.8 Å². The second-order valence-electron chi connectivity index (χ2n) is 8.12. The number of esters is 2. The van der Waals surface area contributed by atoms with Gasteiger partial charge in [-0.3, -0.25) is 4.79 Å². The van der Waals surface area contributed by atoms with Crippen LogP contribution < -0.4 is 9.47 Å². The maximum atomic E-state index is 12.6. The Morgan fingerprint density at radius 3 is 2.29 bits per heavy atom. The van der Waals surface area contributed by atoms with Gasteiger partial charge in [-0.1, -0.05) is 55.8 Å². The Balaban J connectivity index is 1.52. The van der Waals surface area contributed by atoms with Crippen LogP contribution in [0.15, 0.2) is 42.5 Å². The number of hydrogen-bond acceptors (Lipinski definition) is 4. The lowest BCUT2D eigenvalue weighted by Gasteiger charge is -2.27. The first-order valence-corrected chi connectivity index (χ1v) is 11.7. The number of ether oxygens (including phenoxy) is 2. The van der Waals surface area contributed by atoms with E-state index in [1.165, 1.54) is 43.9 Å². The summed E-state index contributed by atoms with van der Waals surface area (Å²) in [5.74, 6) is 0.484. The van der Waals surface area contributed by atoms with Crippen molar-refractivity contribution in [1.82, 2.24) is 0 Å². The van der Waals surface area contributed by atoms with Crippen LogP contribution >= 0.6 is 23.2 Å². The van der Waals surface area contributed by atoms with E-state index >= 15 is 0 Å². The van der Waals surface area contributed by atoms with Crippen LogP contribution in [0, 0.1) is 11.8 Å². The molecule has 6 heteroatoms. The molecular weight excluding hydrogens is 435 g/mol. The minimum atomic E-state index is -0.552. The number of hydrogen-bond donors (Lipinski definition) is 0. The third-order valence-corrected chi connectivity index (χ3v) is 6.35. The van der Waals surface area contributed by atoms with E-state index in [1.54, 1.807) is 24.3 Å². The molecule has 0 radical (unpaired) electrons. The minimum Gasteiger partial charge on any atom is -0.425 e. The van der Waals surface area contributed by atoms with E-state index in [4.69, 9.17) is 32.7 Å². The number of halogens is 2. The zero-order chi connectivity index (χ0) is 22.2. The molecule has 1 fully saturated rings. The van der Waals surface area contributed by atoms with Gasteiger partial charge in [0, 0.05) is 5.02 Å². The van der Waals surface area contributed by atoms with Gasteiger partial charge in [-0.15, -0.1) is 0 Å². The SMILES string of the molecule is CCCCCC1CCC(C(=O)Oc2ccc(C(=O)Oc3ccc(Cl)cc3)cc2Cl)CC1. The van der Waals surface area contributed by atoms with Gasteiger partial charge in [0.05, 0.1) is 16.5 Å². The summed E-state index contributed by atoms with van der Waals surface area (Å²) in [6, 6.07) is 11.0. The fraction of sp³-hybridized carbons (Fsp3) is 0.440. The normalized spacial score (nSPS) is 18.4. The van der Waals surface area contributed by atoms with Crippen LogP contribution in [-0.2, 0) is 4.79 Å². The van der Waals surface area contributed by atoms with Crippen LogP contribution in [-0.4, -0.2) is 11.9 Å². The number of rotatable bonds is 8. The van der Waals surface area contributed by atoms with E-state index < -0.39 is 5.97 Å². The molecule has 2 aromatic carbocycles. The lowest BCUT2D eigenvalue weighted by molar-refractivity contribution is -0.140. The molecule has 1 aliphatic rings. The molecule has 1 saturated carbocycles. The highest BCUT2D eigenvalue weighted by molar-refractivity contribution is 6.32. The highest BCUT2D eigenvalue weighted by Crippen LogP contribution is 2.34. The van der Waals surface area contributed by atoms with Gasteiger partial charge < -0.3 is 9.47 Å². The maximum absolute atomic E-state index is 12.6. The third kappa shape index (κ3) is 6.98. The molecule has 0 bridgehead atoms. The highest BCUT2D eigenvalue weighted by Gasteiger charge is 2.28. The van der Waals surface area contributed by atoms with Crippen LogP contribution in [0.3, 0.4) is 0 Å². The summed E-state index contributed by atoms with van der Waals surface area (Å²) < 4.78 is 10.9. The lowest BCUT2D eigenvalue weighted by atomic mass is 9.80. The summed E-state index contributed by atoms with van der Waals surface area (Å²) in [5, 5.41) is 0.756. The van der Waals surface area contributed by atoms with E-state index in [2.05, 4.69) is 6.92 Å². The Kier molecular flexibility index (Phi) is 8.79. The van der Waals surface area contributed by atoms with Gasteiger partial charge in [0.25, 0.3) is 0 Å². The van der Waals surface area contributed by atoms with Crippen molar-refractivity contribution in [2.24, 2.45) is 11.8 Å². The average Bonchev–Trinajstić information content (AvgIpc) is 2.77. The Hall–Kier alpha value is -2.04. The summed E-state index contributed by atoms with van der Waals surface area (Å²) in [5.41, 5.74) is 0.271. The standard InChI is InChI=1S/C25H28Cl2O4/c1-2-3-4-5-17-6-8-18(9-7-17)24(28)31-23-15-10-19(16-22(23)27)25(29)30-21-13-11-20(26)12-14-21/h10-18H,2-9H2,1H3. The topological polar surface area (TPSA) is 52.6 Å². The maximum Gasteiger partial charge on any atom is 0.343 e. The molecule has 0 amide bonds. The number of unbranched alkanes of at least 4 members (excludes halogenated alkanes) is 2. The minimum absolute atomic E-state index is 0.0898. The largest absolute Gasteiger partial charge is 0.425 e. The van der Waals surface area contributed by atoms with Crippen molar-refractivity contribution < 1.29 is 19.1 Å².